The van der Waals surface area contributed by atoms with Crippen LogP contribution < -0.4 is 5.32 Å². The van der Waals surface area contributed by atoms with Crippen molar-refractivity contribution in [3.63, 3.8) is 0 Å². The van der Waals surface area contributed by atoms with Crippen LogP contribution >= 0.6 is 22.9 Å². The van der Waals surface area contributed by atoms with Crippen molar-refractivity contribution in [2.75, 3.05) is 0 Å². The Kier molecular flexibility index (Phi) is 5.97. The van der Waals surface area contributed by atoms with Gasteiger partial charge >= 0.3 is 0 Å². The lowest BCUT2D eigenvalue weighted by Crippen LogP contribution is -2.52. The number of halogens is 1. The molecule has 4 rings (SSSR count). The van der Waals surface area contributed by atoms with Gasteiger partial charge in [-0.3, -0.25) is 4.79 Å². The Labute approximate surface area is 185 Å². The van der Waals surface area contributed by atoms with Gasteiger partial charge < -0.3 is 5.32 Å². The highest BCUT2D eigenvalue weighted by Gasteiger charge is 2.40. The summed E-state index contributed by atoms with van der Waals surface area (Å²) in [7, 11) is -3.79. The molecule has 1 aliphatic heterocycles. The Bertz CT molecular complexity index is 1150. The molecule has 0 bridgehead atoms. The summed E-state index contributed by atoms with van der Waals surface area (Å²) < 4.78 is 28.2. The molecule has 0 spiro atoms. The smallest absolute Gasteiger partial charge is 0.253 e. The summed E-state index contributed by atoms with van der Waals surface area (Å²) in [6, 6.07) is 17.1. The highest BCUT2D eigenvalue weighted by molar-refractivity contribution is 7.91. The van der Waals surface area contributed by atoms with Gasteiger partial charge in [0.2, 0.25) is 5.91 Å². The topological polar surface area (TPSA) is 66.5 Å². The van der Waals surface area contributed by atoms with Crippen LogP contribution in [0.1, 0.15) is 29.7 Å². The average molecular weight is 461 g/mol. The van der Waals surface area contributed by atoms with E-state index in [1.165, 1.54) is 4.31 Å². The van der Waals surface area contributed by atoms with Crippen LogP contribution in [-0.2, 0) is 27.8 Å². The average Bonchev–Trinajstić information content (AvgIpc) is 3.29. The zero-order chi connectivity index (χ0) is 21.3. The summed E-state index contributed by atoms with van der Waals surface area (Å²) in [5, 5.41) is 5.32. The van der Waals surface area contributed by atoms with E-state index in [4.69, 9.17) is 11.6 Å². The number of nitrogens with zero attached hydrogens (tertiary/aromatic N) is 1. The Morgan fingerprint density at radius 3 is 2.47 bits per heavy atom. The van der Waals surface area contributed by atoms with Crippen LogP contribution in [0, 0.1) is 0 Å². The van der Waals surface area contributed by atoms with Gasteiger partial charge in [-0.05, 0) is 53.6 Å². The third-order valence-corrected chi connectivity index (χ3v) is 8.77. The number of amides is 1. The number of rotatable bonds is 5. The maximum atomic E-state index is 13.3. The van der Waals surface area contributed by atoms with Gasteiger partial charge in [0, 0.05) is 11.6 Å². The molecule has 2 unspecified atom stereocenters. The second-order valence-corrected chi connectivity index (χ2v) is 10.8. The molecule has 2 aromatic carbocycles. The summed E-state index contributed by atoms with van der Waals surface area (Å²) in [6.07, 6.45) is 0.333. The second kappa shape index (κ2) is 8.51. The van der Waals surface area contributed by atoms with E-state index in [0.29, 0.717) is 11.4 Å². The highest BCUT2D eigenvalue weighted by Crippen LogP contribution is 2.31. The number of hydrogen-bond acceptors (Lipinski definition) is 4. The van der Waals surface area contributed by atoms with Crippen LogP contribution in [0.5, 0.6) is 0 Å². The molecule has 1 amide bonds. The zero-order valence-corrected chi connectivity index (χ0v) is 18.7. The molecule has 0 aliphatic carbocycles. The Morgan fingerprint density at radius 2 is 1.80 bits per heavy atom. The quantitative estimate of drug-likeness (QED) is 0.613. The molecule has 0 fully saturated rings. The number of fused-ring (bicyclic) bond motifs is 1. The molecule has 1 aromatic heterocycles. The third-order valence-electron chi connectivity index (χ3n) is 5.29. The normalized spacial score (nSPS) is 17.9. The number of carbonyl (C=O) groups excluding carboxylic acids is 1. The Hall–Kier alpha value is -2.19. The number of benzene rings is 2. The van der Waals surface area contributed by atoms with Gasteiger partial charge in [0.15, 0.2) is 0 Å². The fourth-order valence-electron chi connectivity index (χ4n) is 3.65. The van der Waals surface area contributed by atoms with Crippen LogP contribution in [0.25, 0.3) is 0 Å². The summed E-state index contributed by atoms with van der Waals surface area (Å²) in [6.45, 7) is 2.04. The van der Waals surface area contributed by atoms with Crippen molar-refractivity contribution in [2.45, 2.75) is 36.2 Å². The molecule has 156 valence electrons. The summed E-state index contributed by atoms with van der Waals surface area (Å²) in [5.74, 6) is -0.313. The fraction of sp³-hybridized carbons (Fsp3) is 0.227. The Balaban J connectivity index is 1.64. The maximum Gasteiger partial charge on any atom is 0.253 e. The van der Waals surface area contributed by atoms with E-state index in [0.717, 1.165) is 28.0 Å². The van der Waals surface area contributed by atoms with E-state index in [9.17, 15) is 13.2 Å². The van der Waals surface area contributed by atoms with Gasteiger partial charge in [-0.1, -0.05) is 54.1 Å². The molecule has 0 radical (unpaired) electrons. The lowest BCUT2D eigenvalue weighted by Gasteiger charge is -2.35. The first-order valence-corrected chi connectivity index (χ1v) is 12.2. The van der Waals surface area contributed by atoms with Gasteiger partial charge in [-0.15, -0.1) is 11.3 Å². The van der Waals surface area contributed by atoms with E-state index < -0.39 is 16.1 Å². The molecular formula is C22H21ClN2O3S2. The predicted molar refractivity (Wildman–Crippen MR) is 119 cm³/mol. The van der Waals surface area contributed by atoms with Gasteiger partial charge in [0.1, 0.15) is 10.3 Å². The molecule has 2 heterocycles. The molecule has 1 N–H and O–H groups in total. The number of thiophene rings is 1. The molecule has 0 saturated carbocycles. The summed E-state index contributed by atoms with van der Waals surface area (Å²) in [4.78, 5) is 13.2. The number of hydrogen-bond donors (Lipinski definition) is 1. The molecule has 0 saturated heterocycles. The lowest BCUT2D eigenvalue weighted by molar-refractivity contribution is -0.125. The third kappa shape index (κ3) is 4.16. The van der Waals surface area contributed by atoms with Crippen molar-refractivity contribution in [3.05, 3.63) is 87.8 Å². The van der Waals surface area contributed by atoms with Crippen molar-refractivity contribution in [3.8, 4) is 0 Å². The van der Waals surface area contributed by atoms with Crippen molar-refractivity contribution in [1.29, 1.82) is 0 Å². The molecule has 3 aromatic rings. The number of sulfonamides is 1. The first kappa shape index (κ1) is 21.1. The van der Waals surface area contributed by atoms with Gasteiger partial charge in [-0.25, -0.2) is 8.42 Å². The van der Waals surface area contributed by atoms with Crippen LogP contribution in [-0.4, -0.2) is 24.7 Å². The summed E-state index contributed by atoms with van der Waals surface area (Å²) >= 11 is 7.11. The van der Waals surface area contributed by atoms with Crippen molar-refractivity contribution in [1.82, 2.24) is 9.62 Å². The van der Waals surface area contributed by atoms with E-state index in [-0.39, 0.29) is 22.7 Å². The first-order valence-electron chi connectivity index (χ1n) is 9.54. The van der Waals surface area contributed by atoms with E-state index >= 15 is 0 Å². The van der Waals surface area contributed by atoms with E-state index in [1.807, 2.05) is 43.3 Å². The minimum absolute atomic E-state index is 0.170. The molecule has 1 aliphatic rings. The first-order chi connectivity index (χ1) is 14.4. The minimum atomic E-state index is -3.79. The molecule has 30 heavy (non-hydrogen) atoms. The van der Waals surface area contributed by atoms with E-state index in [1.54, 1.807) is 29.6 Å². The second-order valence-electron chi connectivity index (χ2n) is 7.25. The minimum Gasteiger partial charge on any atom is -0.348 e. The largest absolute Gasteiger partial charge is 0.348 e. The van der Waals surface area contributed by atoms with Gasteiger partial charge in [-0.2, -0.15) is 4.31 Å². The lowest BCUT2D eigenvalue weighted by atomic mass is 9.95. The molecular weight excluding hydrogens is 440 g/mol. The van der Waals surface area contributed by atoms with Crippen LogP contribution in [0.15, 0.2) is 70.3 Å². The maximum absolute atomic E-state index is 13.3. The van der Waals surface area contributed by atoms with Crippen molar-refractivity contribution < 1.29 is 13.2 Å². The van der Waals surface area contributed by atoms with E-state index in [2.05, 4.69) is 5.32 Å². The van der Waals surface area contributed by atoms with Gasteiger partial charge in [0.25, 0.3) is 10.0 Å². The van der Waals surface area contributed by atoms with Crippen molar-refractivity contribution in [2.24, 2.45) is 0 Å². The predicted octanol–water partition coefficient (Wildman–Crippen LogP) is 4.39. The monoisotopic (exact) mass is 460 g/mol. The van der Waals surface area contributed by atoms with Crippen LogP contribution in [0.2, 0.25) is 5.02 Å². The van der Waals surface area contributed by atoms with Gasteiger partial charge in [0.05, 0.1) is 6.04 Å². The Morgan fingerprint density at radius 1 is 1.10 bits per heavy atom. The number of carbonyl (C=O) groups is 1. The number of nitrogens with one attached hydrogen (secondary N) is 1. The van der Waals surface area contributed by atoms with Crippen LogP contribution in [0.4, 0.5) is 0 Å². The standard InChI is InChI=1S/C22H21ClN2O3S2/c1-15(16-8-10-19(23)11-9-16)24-22(26)20-13-17-5-2-3-6-18(17)14-25(20)30(27,28)21-7-4-12-29-21/h2-12,15,20H,13-14H2,1H3,(H,24,26). The van der Waals surface area contributed by atoms with Crippen molar-refractivity contribution >= 4 is 38.9 Å². The van der Waals surface area contributed by atoms with Crippen LogP contribution in [0.3, 0.4) is 0 Å². The molecule has 2 atom stereocenters. The zero-order valence-electron chi connectivity index (χ0n) is 16.3. The highest BCUT2D eigenvalue weighted by atomic mass is 35.5. The fourth-order valence-corrected chi connectivity index (χ4v) is 6.46. The summed E-state index contributed by atoms with van der Waals surface area (Å²) in [5.41, 5.74) is 2.82. The SMILES string of the molecule is CC(NC(=O)C1Cc2ccccc2CN1S(=O)(=O)c1cccs1)c1ccc(Cl)cc1. The molecule has 5 nitrogen and oxygen atoms in total. The molecule has 8 heteroatoms.